The molecule has 0 aliphatic carbocycles. The highest BCUT2D eigenvalue weighted by Gasteiger charge is 2.49. The molecular formula is C24H36O2Si. The van der Waals surface area contributed by atoms with Crippen molar-refractivity contribution in [2.45, 2.75) is 58.4 Å². The maximum Gasteiger partial charge on any atom is 0.261 e. The molecule has 0 saturated heterocycles. The molecule has 0 aliphatic heterocycles. The fourth-order valence-corrected chi connectivity index (χ4v) is 8.46. The third-order valence-electron chi connectivity index (χ3n) is 5.39. The van der Waals surface area contributed by atoms with Crippen LogP contribution in [0.3, 0.4) is 0 Å². The van der Waals surface area contributed by atoms with Crippen LogP contribution in [0.25, 0.3) is 0 Å². The number of hydrogen-bond acceptors (Lipinski definition) is 2. The van der Waals surface area contributed by atoms with Crippen molar-refractivity contribution in [1.82, 2.24) is 0 Å². The Morgan fingerprint density at radius 3 is 1.81 bits per heavy atom. The second kappa shape index (κ2) is 10.2. The van der Waals surface area contributed by atoms with Crippen molar-refractivity contribution in [2.24, 2.45) is 5.92 Å². The van der Waals surface area contributed by atoms with Crippen molar-refractivity contribution in [1.29, 1.82) is 0 Å². The molecule has 3 heteroatoms. The summed E-state index contributed by atoms with van der Waals surface area (Å²) in [5.41, 5.74) is 0. The van der Waals surface area contributed by atoms with Gasteiger partial charge in [0.2, 0.25) is 0 Å². The number of benzene rings is 2. The number of rotatable bonds is 10. The Morgan fingerprint density at radius 2 is 1.37 bits per heavy atom. The van der Waals surface area contributed by atoms with E-state index in [9.17, 15) is 0 Å². The summed E-state index contributed by atoms with van der Waals surface area (Å²) < 4.78 is 6.89. The fraction of sp³-hybridized carbons (Fsp3) is 0.500. The maximum absolute atomic E-state index is 9.17. The van der Waals surface area contributed by atoms with Gasteiger partial charge in [-0.3, -0.25) is 0 Å². The Balaban J connectivity index is 2.20. The molecule has 0 aliphatic rings. The third kappa shape index (κ3) is 5.53. The van der Waals surface area contributed by atoms with Gasteiger partial charge in [-0.05, 0) is 34.2 Å². The van der Waals surface area contributed by atoms with Gasteiger partial charge in [0.15, 0.2) is 0 Å². The summed E-state index contributed by atoms with van der Waals surface area (Å²) in [6.45, 7) is 10.2. The Labute approximate surface area is 166 Å². The van der Waals surface area contributed by atoms with Gasteiger partial charge in [-0.15, -0.1) is 0 Å². The van der Waals surface area contributed by atoms with E-state index < -0.39 is 8.32 Å². The van der Waals surface area contributed by atoms with Crippen LogP contribution in [0.5, 0.6) is 0 Å². The molecular weight excluding hydrogens is 348 g/mol. The highest BCUT2D eigenvalue weighted by Crippen LogP contribution is 2.36. The van der Waals surface area contributed by atoms with Crippen LogP contribution in [0.15, 0.2) is 60.7 Å². The van der Waals surface area contributed by atoms with Gasteiger partial charge < -0.3 is 9.53 Å². The lowest BCUT2D eigenvalue weighted by molar-refractivity contribution is 0.225. The van der Waals surface area contributed by atoms with Crippen LogP contribution in [0.2, 0.25) is 5.04 Å². The topological polar surface area (TPSA) is 29.5 Å². The molecule has 0 bridgehead atoms. The molecule has 0 amide bonds. The summed E-state index contributed by atoms with van der Waals surface area (Å²) in [5, 5.41) is 11.9. The Bertz CT molecular complexity index is 610. The van der Waals surface area contributed by atoms with Crippen LogP contribution >= 0.6 is 0 Å². The van der Waals surface area contributed by atoms with Crippen molar-refractivity contribution in [3.8, 4) is 0 Å². The van der Waals surface area contributed by atoms with E-state index in [0.717, 1.165) is 32.3 Å². The van der Waals surface area contributed by atoms with E-state index in [1.54, 1.807) is 0 Å². The van der Waals surface area contributed by atoms with Gasteiger partial charge in [-0.25, -0.2) is 0 Å². The molecule has 0 saturated carbocycles. The number of unbranched alkanes of at least 4 members (excludes halogenated alkanes) is 2. The minimum Gasteiger partial charge on any atom is -0.407 e. The van der Waals surface area contributed by atoms with Gasteiger partial charge >= 0.3 is 0 Å². The molecule has 0 unspecified atom stereocenters. The molecule has 2 aromatic rings. The zero-order valence-corrected chi connectivity index (χ0v) is 18.4. The molecule has 2 aromatic carbocycles. The third-order valence-corrected chi connectivity index (χ3v) is 10.4. The summed E-state index contributed by atoms with van der Waals surface area (Å²) in [6, 6.07) is 21.7. The first kappa shape index (κ1) is 21.9. The lowest BCUT2D eigenvalue weighted by Crippen LogP contribution is -2.66. The second-order valence-corrected chi connectivity index (χ2v) is 13.0. The van der Waals surface area contributed by atoms with E-state index in [2.05, 4.69) is 88.4 Å². The van der Waals surface area contributed by atoms with Crippen LogP contribution in [0.1, 0.15) is 53.4 Å². The minimum atomic E-state index is -2.38. The van der Waals surface area contributed by atoms with E-state index in [4.69, 9.17) is 9.53 Å². The highest BCUT2D eigenvalue weighted by atomic mass is 28.4. The molecule has 0 heterocycles. The normalized spacial score (nSPS) is 13.5. The molecule has 1 N–H and O–H groups in total. The fourth-order valence-electron chi connectivity index (χ4n) is 3.85. The SMILES string of the molecule is C[C@@H](CO)CCCCCO[Si](c1ccccc1)(c1ccccc1)C(C)(C)C. The standard InChI is InChI=1S/C24H36O2Si/c1-21(20-25)14-8-7-13-19-26-27(24(2,3)4,22-15-9-5-10-16-22)23-17-11-6-12-18-23/h5-6,9-12,15-18,21,25H,7-8,13-14,19-20H2,1-4H3/t21-/m1/s1. The van der Waals surface area contributed by atoms with Crippen LogP contribution < -0.4 is 10.4 Å². The Morgan fingerprint density at radius 1 is 0.852 bits per heavy atom. The second-order valence-electron chi connectivity index (χ2n) is 8.65. The number of hydrogen-bond donors (Lipinski definition) is 1. The molecule has 0 aromatic heterocycles. The lowest BCUT2D eigenvalue weighted by atomic mass is 10.0. The zero-order chi connectivity index (χ0) is 19.8. The van der Waals surface area contributed by atoms with Gasteiger partial charge in [0.05, 0.1) is 0 Å². The van der Waals surface area contributed by atoms with Crippen LogP contribution in [-0.2, 0) is 4.43 Å². The van der Waals surface area contributed by atoms with Gasteiger partial charge in [-0.1, -0.05) is 101 Å². The quantitative estimate of drug-likeness (QED) is 0.473. The van der Waals surface area contributed by atoms with Gasteiger partial charge in [0.1, 0.15) is 0 Å². The van der Waals surface area contributed by atoms with Crippen LogP contribution in [-0.4, -0.2) is 26.6 Å². The molecule has 0 fully saturated rings. The first-order valence-corrected chi connectivity index (χ1v) is 12.2. The molecule has 0 spiro atoms. The van der Waals surface area contributed by atoms with Crippen molar-refractivity contribution in [3.63, 3.8) is 0 Å². The van der Waals surface area contributed by atoms with Crippen LogP contribution in [0.4, 0.5) is 0 Å². The summed E-state index contributed by atoms with van der Waals surface area (Å²) in [7, 11) is -2.38. The smallest absolute Gasteiger partial charge is 0.261 e. The van der Waals surface area contributed by atoms with Crippen molar-refractivity contribution in [3.05, 3.63) is 60.7 Å². The van der Waals surface area contributed by atoms with E-state index in [-0.39, 0.29) is 5.04 Å². The Kier molecular flexibility index (Phi) is 8.27. The van der Waals surface area contributed by atoms with Gasteiger partial charge in [0.25, 0.3) is 8.32 Å². The maximum atomic E-state index is 9.17. The van der Waals surface area contributed by atoms with Gasteiger partial charge in [0, 0.05) is 13.2 Å². The molecule has 1 atom stereocenters. The summed E-state index contributed by atoms with van der Waals surface area (Å²) in [5.74, 6) is 0.405. The monoisotopic (exact) mass is 384 g/mol. The van der Waals surface area contributed by atoms with E-state index in [0.29, 0.717) is 12.5 Å². The Hall–Kier alpha value is -1.42. The molecule has 27 heavy (non-hydrogen) atoms. The van der Waals surface area contributed by atoms with E-state index in [1.807, 2.05) is 0 Å². The number of aliphatic hydroxyl groups excluding tert-OH is 1. The van der Waals surface area contributed by atoms with E-state index in [1.165, 1.54) is 10.4 Å². The average Bonchev–Trinajstić information content (AvgIpc) is 2.67. The predicted molar refractivity (Wildman–Crippen MR) is 118 cm³/mol. The first-order valence-electron chi connectivity index (χ1n) is 10.3. The largest absolute Gasteiger partial charge is 0.407 e. The van der Waals surface area contributed by atoms with Crippen molar-refractivity contribution < 1.29 is 9.53 Å². The molecule has 2 nitrogen and oxygen atoms in total. The van der Waals surface area contributed by atoms with Crippen LogP contribution in [0, 0.1) is 5.92 Å². The average molecular weight is 385 g/mol. The number of aliphatic hydroxyl groups is 1. The van der Waals surface area contributed by atoms with Gasteiger partial charge in [-0.2, -0.15) is 0 Å². The first-order chi connectivity index (χ1) is 12.9. The lowest BCUT2D eigenvalue weighted by Gasteiger charge is -2.43. The van der Waals surface area contributed by atoms with E-state index >= 15 is 0 Å². The molecule has 0 radical (unpaired) electrons. The van der Waals surface area contributed by atoms with Crippen molar-refractivity contribution >= 4 is 18.7 Å². The highest BCUT2D eigenvalue weighted by molar-refractivity contribution is 6.99. The molecule has 2 rings (SSSR count). The predicted octanol–water partition coefficient (Wildman–Crippen LogP) is 4.75. The summed E-state index contributed by atoms with van der Waals surface area (Å²) >= 11 is 0. The summed E-state index contributed by atoms with van der Waals surface area (Å²) in [6.07, 6.45) is 4.48. The van der Waals surface area contributed by atoms with Crippen molar-refractivity contribution in [2.75, 3.05) is 13.2 Å². The minimum absolute atomic E-state index is 0.0428. The summed E-state index contributed by atoms with van der Waals surface area (Å²) in [4.78, 5) is 0. The molecule has 148 valence electrons. The zero-order valence-electron chi connectivity index (χ0n) is 17.4.